The van der Waals surface area contributed by atoms with Gasteiger partial charge in [0, 0.05) is 18.6 Å². The molecule has 2 nitrogen and oxygen atoms in total. The zero-order valence-electron chi connectivity index (χ0n) is 10.1. The Bertz CT molecular complexity index is 147. The van der Waals surface area contributed by atoms with Crippen molar-refractivity contribution in [3.63, 3.8) is 0 Å². The quantitative estimate of drug-likeness (QED) is 0.729. The molecule has 0 spiro atoms. The van der Waals surface area contributed by atoms with Crippen molar-refractivity contribution in [2.75, 3.05) is 20.1 Å². The molecule has 0 bridgehead atoms. The van der Waals surface area contributed by atoms with Crippen LogP contribution in [0.25, 0.3) is 0 Å². The molecule has 14 heavy (non-hydrogen) atoms. The van der Waals surface area contributed by atoms with Gasteiger partial charge in [0.15, 0.2) is 0 Å². The summed E-state index contributed by atoms with van der Waals surface area (Å²) in [6.07, 6.45) is 6.77. The number of nitrogens with zero attached hydrogens (tertiary/aromatic N) is 1. The molecule has 2 atom stereocenters. The maximum absolute atomic E-state index is 3.64. The second-order valence-electron chi connectivity index (χ2n) is 4.73. The molecular weight excluding hydrogens is 172 g/mol. The van der Waals surface area contributed by atoms with Crippen molar-refractivity contribution in [1.29, 1.82) is 0 Å². The fourth-order valence-corrected chi connectivity index (χ4v) is 2.27. The van der Waals surface area contributed by atoms with E-state index in [0.717, 1.165) is 6.04 Å². The Morgan fingerprint density at radius 1 is 1.43 bits per heavy atom. The van der Waals surface area contributed by atoms with E-state index in [1.54, 1.807) is 0 Å². The van der Waals surface area contributed by atoms with E-state index in [1.807, 2.05) is 0 Å². The third-order valence-corrected chi connectivity index (χ3v) is 3.35. The summed E-state index contributed by atoms with van der Waals surface area (Å²) in [5.74, 6) is 0. The maximum Gasteiger partial charge on any atom is 0.0217 e. The number of hydrogen-bond acceptors (Lipinski definition) is 2. The predicted octanol–water partition coefficient (Wildman–Crippen LogP) is 2.25. The van der Waals surface area contributed by atoms with Gasteiger partial charge in [-0.2, -0.15) is 0 Å². The van der Waals surface area contributed by atoms with E-state index < -0.39 is 0 Å². The minimum absolute atomic E-state index is 0.690. The van der Waals surface area contributed by atoms with Crippen LogP contribution in [0.3, 0.4) is 0 Å². The lowest BCUT2D eigenvalue weighted by Crippen LogP contribution is -2.45. The van der Waals surface area contributed by atoms with Crippen LogP contribution in [-0.2, 0) is 0 Å². The molecule has 1 heterocycles. The lowest BCUT2D eigenvalue weighted by atomic mass is 10.0. The van der Waals surface area contributed by atoms with Gasteiger partial charge < -0.3 is 10.2 Å². The maximum atomic E-state index is 3.64. The van der Waals surface area contributed by atoms with Gasteiger partial charge in [0.1, 0.15) is 0 Å². The van der Waals surface area contributed by atoms with Gasteiger partial charge in [-0.25, -0.2) is 0 Å². The highest BCUT2D eigenvalue weighted by atomic mass is 15.2. The molecule has 0 radical (unpaired) electrons. The van der Waals surface area contributed by atoms with Crippen LogP contribution in [-0.4, -0.2) is 37.1 Å². The van der Waals surface area contributed by atoms with Crippen molar-refractivity contribution in [2.24, 2.45) is 0 Å². The Labute approximate surface area is 89.1 Å². The minimum atomic E-state index is 0.690. The second-order valence-corrected chi connectivity index (χ2v) is 4.73. The summed E-state index contributed by atoms with van der Waals surface area (Å²) < 4.78 is 0. The van der Waals surface area contributed by atoms with E-state index in [2.05, 4.69) is 31.1 Å². The number of nitrogens with one attached hydrogen (secondary N) is 1. The number of piperidine rings is 1. The van der Waals surface area contributed by atoms with E-state index in [4.69, 9.17) is 0 Å². The van der Waals surface area contributed by atoms with Gasteiger partial charge in [-0.1, -0.05) is 19.8 Å². The van der Waals surface area contributed by atoms with Crippen molar-refractivity contribution in [2.45, 2.75) is 58.0 Å². The van der Waals surface area contributed by atoms with Crippen LogP contribution in [0, 0.1) is 0 Å². The first-order valence-corrected chi connectivity index (χ1v) is 6.17. The Morgan fingerprint density at radius 2 is 2.21 bits per heavy atom. The molecule has 0 aromatic heterocycles. The number of hydrogen-bond donors (Lipinski definition) is 1. The molecule has 1 rings (SSSR count). The number of rotatable bonds is 5. The van der Waals surface area contributed by atoms with Gasteiger partial charge in [-0.15, -0.1) is 0 Å². The third kappa shape index (κ3) is 3.97. The molecule has 0 aliphatic carbocycles. The molecule has 2 heteroatoms. The van der Waals surface area contributed by atoms with E-state index in [0.29, 0.717) is 6.04 Å². The first-order valence-electron chi connectivity index (χ1n) is 6.17. The number of likely N-dealkylation sites (N-methyl/N-ethyl adjacent to an activating group) is 1. The lowest BCUT2D eigenvalue weighted by molar-refractivity contribution is 0.178. The fourth-order valence-electron chi connectivity index (χ4n) is 2.27. The Morgan fingerprint density at radius 3 is 2.86 bits per heavy atom. The van der Waals surface area contributed by atoms with Crippen LogP contribution in [0.1, 0.15) is 46.0 Å². The van der Waals surface area contributed by atoms with E-state index in [-0.39, 0.29) is 0 Å². The van der Waals surface area contributed by atoms with Crippen molar-refractivity contribution >= 4 is 0 Å². The van der Waals surface area contributed by atoms with Gasteiger partial charge in [-0.3, -0.25) is 0 Å². The van der Waals surface area contributed by atoms with Gasteiger partial charge in [0.25, 0.3) is 0 Å². The van der Waals surface area contributed by atoms with Crippen LogP contribution in [0.2, 0.25) is 0 Å². The van der Waals surface area contributed by atoms with Crippen molar-refractivity contribution in [1.82, 2.24) is 10.2 Å². The molecule has 0 aromatic rings. The van der Waals surface area contributed by atoms with Gasteiger partial charge in [-0.05, 0) is 39.8 Å². The fraction of sp³-hybridized carbons (Fsp3) is 1.00. The van der Waals surface area contributed by atoms with Gasteiger partial charge in [0.05, 0.1) is 0 Å². The summed E-state index contributed by atoms with van der Waals surface area (Å²) in [4.78, 5) is 2.51. The molecule has 0 amide bonds. The Balaban J connectivity index is 2.15. The summed E-state index contributed by atoms with van der Waals surface area (Å²) in [6, 6.07) is 1.47. The van der Waals surface area contributed by atoms with E-state index >= 15 is 0 Å². The standard InChI is InChI=1S/C12H26N2/c1-4-7-11(2)13-10-12-8-5-6-9-14(12)3/h11-13H,4-10H2,1-3H3. The summed E-state index contributed by atoms with van der Waals surface area (Å²) in [7, 11) is 2.26. The topological polar surface area (TPSA) is 15.3 Å². The largest absolute Gasteiger partial charge is 0.313 e. The Kier molecular flexibility index (Phi) is 5.49. The highest BCUT2D eigenvalue weighted by Crippen LogP contribution is 2.14. The van der Waals surface area contributed by atoms with Crippen LogP contribution >= 0.6 is 0 Å². The van der Waals surface area contributed by atoms with Crippen LogP contribution in [0.4, 0.5) is 0 Å². The second kappa shape index (κ2) is 6.41. The molecule has 2 unspecified atom stereocenters. The zero-order chi connectivity index (χ0) is 10.4. The first kappa shape index (κ1) is 12.0. The third-order valence-electron chi connectivity index (χ3n) is 3.35. The molecule has 1 fully saturated rings. The van der Waals surface area contributed by atoms with Crippen molar-refractivity contribution in [3.8, 4) is 0 Å². The molecule has 1 aliphatic heterocycles. The summed E-state index contributed by atoms with van der Waals surface area (Å²) >= 11 is 0. The predicted molar refractivity (Wildman–Crippen MR) is 62.6 cm³/mol. The smallest absolute Gasteiger partial charge is 0.0217 e. The average Bonchev–Trinajstić information content (AvgIpc) is 2.17. The molecule has 1 N–H and O–H groups in total. The molecule has 84 valence electrons. The van der Waals surface area contributed by atoms with Crippen molar-refractivity contribution in [3.05, 3.63) is 0 Å². The highest BCUT2D eigenvalue weighted by molar-refractivity contribution is 4.77. The van der Waals surface area contributed by atoms with Crippen LogP contribution in [0.5, 0.6) is 0 Å². The molecule has 0 aromatic carbocycles. The zero-order valence-corrected chi connectivity index (χ0v) is 10.1. The van der Waals surface area contributed by atoms with Crippen LogP contribution in [0.15, 0.2) is 0 Å². The van der Waals surface area contributed by atoms with E-state index in [1.165, 1.54) is 45.2 Å². The first-order chi connectivity index (χ1) is 6.74. The van der Waals surface area contributed by atoms with E-state index in [9.17, 15) is 0 Å². The normalized spacial score (nSPS) is 26.4. The minimum Gasteiger partial charge on any atom is -0.313 e. The molecular formula is C12H26N2. The monoisotopic (exact) mass is 198 g/mol. The van der Waals surface area contributed by atoms with Crippen molar-refractivity contribution < 1.29 is 0 Å². The average molecular weight is 198 g/mol. The molecule has 1 saturated heterocycles. The van der Waals surface area contributed by atoms with Crippen LogP contribution < -0.4 is 5.32 Å². The SMILES string of the molecule is CCCC(C)NCC1CCCCN1C. The molecule has 0 saturated carbocycles. The summed E-state index contributed by atoms with van der Waals surface area (Å²) in [5.41, 5.74) is 0. The number of likely N-dealkylation sites (tertiary alicyclic amines) is 1. The summed E-state index contributed by atoms with van der Waals surface area (Å²) in [6.45, 7) is 7.02. The Hall–Kier alpha value is -0.0800. The lowest BCUT2D eigenvalue weighted by Gasteiger charge is -2.33. The van der Waals surface area contributed by atoms with Gasteiger partial charge >= 0.3 is 0 Å². The van der Waals surface area contributed by atoms with Gasteiger partial charge in [0.2, 0.25) is 0 Å². The summed E-state index contributed by atoms with van der Waals surface area (Å²) in [5, 5.41) is 3.64. The highest BCUT2D eigenvalue weighted by Gasteiger charge is 2.18. The molecule has 1 aliphatic rings.